The minimum atomic E-state index is -0.441. The lowest BCUT2D eigenvalue weighted by Crippen LogP contribution is -2.21. The molecule has 2 heterocycles. The van der Waals surface area contributed by atoms with E-state index in [-0.39, 0.29) is 24.2 Å². The van der Waals surface area contributed by atoms with Gasteiger partial charge < -0.3 is 10.1 Å². The molecule has 2 aliphatic heterocycles. The molecule has 0 aromatic heterocycles. The molecule has 0 fully saturated rings. The van der Waals surface area contributed by atoms with Crippen LogP contribution in [0.15, 0.2) is 47.3 Å². The van der Waals surface area contributed by atoms with Crippen molar-refractivity contribution in [1.82, 2.24) is 5.32 Å². The first-order valence-corrected chi connectivity index (χ1v) is 6.16. The Bertz CT molecular complexity index is 676. The fourth-order valence-electron chi connectivity index (χ4n) is 2.54. The van der Waals surface area contributed by atoms with Crippen LogP contribution in [0.1, 0.15) is 18.4 Å². The smallest absolute Gasteiger partial charge is 0.337 e. The normalized spacial score (nSPS) is 20.9. The fraction of sp³-hybridized carbons (Fsp3) is 0.214. The predicted molar refractivity (Wildman–Crippen MR) is 70.7 cm³/mol. The molecular formula is C14H12N2O4. The van der Waals surface area contributed by atoms with Crippen molar-refractivity contribution in [2.24, 2.45) is 0 Å². The van der Waals surface area contributed by atoms with Crippen molar-refractivity contribution in [3.8, 4) is 0 Å². The molecule has 0 spiro atoms. The van der Waals surface area contributed by atoms with Crippen LogP contribution in [0.4, 0.5) is 5.69 Å². The average Bonchev–Trinajstić information content (AvgIpc) is 2.79. The molecule has 0 aliphatic carbocycles. The van der Waals surface area contributed by atoms with Crippen LogP contribution < -0.4 is 5.32 Å². The van der Waals surface area contributed by atoms with Gasteiger partial charge in [-0.05, 0) is 12.5 Å². The van der Waals surface area contributed by atoms with Gasteiger partial charge in [-0.2, -0.15) is 0 Å². The van der Waals surface area contributed by atoms with Crippen LogP contribution in [0.25, 0.3) is 0 Å². The number of carbonyl (C=O) groups is 1. The zero-order valence-electron chi connectivity index (χ0n) is 10.8. The molecule has 102 valence electrons. The SMILES string of the molecule is CC1=C[C@@H](c2cccc([N+](=O)[O-])c2)C2=C(COC2=O)N1. The van der Waals surface area contributed by atoms with E-state index in [1.165, 1.54) is 12.1 Å². The Morgan fingerprint density at radius 2 is 2.25 bits per heavy atom. The van der Waals surface area contributed by atoms with Crippen molar-refractivity contribution in [2.45, 2.75) is 12.8 Å². The molecule has 3 rings (SSSR count). The number of ether oxygens (including phenoxy) is 1. The molecular weight excluding hydrogens is 260 g/mol. The second kappa shape index (κ2) is 4.48. The molecule has 0 saturated carbocycles. The number of allylic oxidation sites excluding steroid dienone is 2. The highest BCUT2D eigenvalue weighted by Crippen LogP contribution is 2.36. The van der Waals surface area contributed by atoms with Crippen LogP contribution in [-0.2, 0) is 9.53 Å². The summed E-state index contributed by atoms with van der Waals surface area (Å²) in [5, 5.41) is 14.0. The van der Waals surface area contributed by atoms with E-state index in [9.17, 15) is 14.9 Å². The van der Waals surface area contributed by atoms with Crippen molar-refractivity contribution >= 4 is 11.7 Å². The summed E-state index contributed by atoms with van der Waals surface area (Å²) in [7, 11) is 0. The number of benzene rings is 1. The van der Waals surface area contributed by atoms with E-state index in [2.05, 4.69) is 5.32 Å². The number of cyclic esters (lactones) is 1. The Labute approximate surface area is 114 Å². The summed E-state index contributed by atoms with van der Waals surface area (Å²) in [5.41, 5.74) is 2.91. The largest absolute Gasteiger partial charge is 0.456 e. The van der Waals surface area contributed by atoms with Gasteiger partial charge in [0.1, 0.15) is 6.61 Å². The van der Waals surface area contributed by atoms with Crippen LogP contribution in [0.2, 0.25) is 0 Å². The van der Waals surface area contributed by atoms with Gasteiger partial charge in [0, 0.05) is 23.7 Å². The van der Waals surface area contributed by atoms with Gasteiger partial charge in [-0.25, -0.2) is 4.79 Å². The minimum Gasteiger partial charge on any atom is -0.456 e. The molecule has 1 aromatic rings. The average molecular weight is 272 g/mol. The number of carbonyl (C=O) groups excluding carboxylic acids is 1. The molecule has 20 heavy (non-hydrogen) atoms. The van der Waals surface area contributed by atoms with Crippen molar-refractivity contribution in [2.75, 3.05) is 6.61 Å². The van der Waals surface area contributed by atoms with Gasteiger partial charge in [0.05, 0.1) is 16.2 Å². The van der Waals surface area contributed by atoms with E-state index in [0.29, 0.717) is 11.1 Å². The van der Waals surface area contributed by atoms with Crippen LogP contribution in [0.3, 0.4) is 0 Å². The van der Waals surface area contributed by atoms with Crippen LogP contribution in [0.5, 0.6) is 0 Å². The number of esters is 1. The van der Waals surface area contributed by atoms with Crippen molar-refractivity contribution in [3.63, 3.8) is 0 Å². The van der Waals surface area contributed by atoms with Gasteiger partial charge in [-0.15, -0.1) is 0 Å². The summed E-state index contributed by atoms with van der Waals surface area (Å²) >= 11 is 0. The lowest BCUT2D eigenvalue weighted by Gasteiger charge is -2.21. The first-order chi connectivity index (χ1) is 9.56. The fourth-order valence-corrected chi connectivity index (χ4v) is 2.54. The lowest BCUT2D eigenvalue weighted by atomic mass is 9.87. The quantitative estimate of drug-likeness (QED) is 0.506. The first kappa shape index (κ1) is 12.4. The second-order valence-corrected chi connectivity index (χ2v) is 4.77. The Hall–Kier alpha value is -2.63. The highest BCUT2D eigenvalue weighted by atomic mass is 16.6. The van der Waals surface area contributed by atoms with E-state index in [1.54, 1.807) is 12.1 Å². The van der Waals surface area contributed by atoms with E-state index in [4.69, 9.17) is 4.74 Å². The number of nitro groups is 1. The number of nitro benzene ring substituents is 1. The lowest BCUT2D eigenvalue weighted by molar-refractivity contribution is -0.384. The third-order valence-electron chi connectivity index (χ3n) is 3.41. The summed E-state index contributed by atoms with van der Waals surface area (Å²) in [5.74, 6) is -0.672. The molecule has 0 saturated heterocycles. The van der Waals surface area contributed by atoms with Crippen molar-refractivity contribution in [1.29, 1.82) is 0 Å². The molecule has 1 N–H and O–H groups in total. The molecule has 0 unspecified atom stereocenters. The predicted octanol–water partition coefficient (Wildman–Crippen LogP) is 2.00. The summed E-state index contributed by atoms with van der Waals surface area (Å²) in [6.45, 7) is 2.11. The number of hydrogen-bond donors (Lipinski definition) is 1. The summed E-state index contributed by atoms with van der Waals surface area (Å²) in [4.78, 5) is 22.3. The highest BCUT2D eigenvalue weighted by Gasteiger charge is 2.34. The molecule has 1 atom stereocenters. The van der Waals surface area contributed by atoms with Crippen LogP contribution in [-0.4, -0.2) is 17.5 Å². The van der Waals surface area contributed by atoms with Gasteiger partial charge in [-0.3, -0.25) is 10.1 Å². The summed E-state index contributed by atoms with van der Waals surface area (Å²) < 4.78 is 5.03. The van der Waals surface area contributed by atoms with Crippen molar-refractivity contribution in [3.05, 3.63) is 63.0 Å². The number of nitrogens with zero attached hydrogens (tertiary/aromatic N) is 1. The zero-order chi connectivity index (χ0) is 14.3. The minimum absolute atomic E-state index is 0.0144. The van der Waals surface area contributed by atoms with Gasteiger partial charge >= 0.3 is 5.97 Å². The van der Waals surface area contributed by atoms with Crippen LogP contribution >= 0.6 is 0 Å². The Balaban J connectivity index is 2.07. The molecule has 6 heteroatoms. The third-order valence-corrected chi connectivity index (χ3v) is 3.41. The Morgan fingerprint density at radius 1 is 1.45 bits per heavy atom. The van der Waals surface area contributed by atoms with Gasteiger partial charge in [0.25, 0.3) is 5.69 Å². The van der Waals surface area contributed by atoms with Gasteiger partial charge in [0.15, 0.2) is 0 Å². The van der Waals surface area contributed by atoms with Crippen molar-refractivity contribution < 1.29 is 14.5 Å². The van der Waals surface area contributed by atoms with Crippen LogP contribution in [0, 0.1) is 10.1 Å². The highest BCUT2D eigenvalue weighted by molar-refractivity contribution is 5.94. The maximum absolute atomic E-state index is 11.8. The molecule has 0 radical (unpaired) electrons. The number of nitrogens with one attached hydrogen (secondary N) is 1. The summed E-state index contributed by atoms with van der Waals surface area (Å²) in [6, 6.07) is 6.33. The van der Waals surface area contributed by atoms with E-state index in [1.807, 2.05) is 13.0 Å². The number of non-ortho nitro benzene ring substituents is 1. The second-order valence-electron chi connectivity index (χ2n) is 4.77. The maximum atomic E-state index is 11.8. The van der Waals surface area contributed by atoms with E-state index < -0.39 is 4.92 Å². The molecule has 0 amide bonds. The van der Waals surface area contributed by atoms with E-state index >= 15 is 0 Å². The topological polar surface area (TPSA) is 81.5 Å². The van der Waals surface area contributed by atoms with E-state index in [0.717, 1.165) is 11.4 Å². The summed E-state index contributed by atoms with van der Waals surface area (Å²) in [6.07, 6.45) is 1.88. The number of rotatable bonds is 2. The van der Waals surface area contributed by atoms with Gasteiger partial charge in [0.2, 0.25) is 0 Å². The number of dihydropyridines is 1. The number of hydrogen-bond acceptors (Lipinski definition) is 5. The Kier molecular flexibility index (Phi) is 2.78. The molecule has 0 bridgehead atoms. The molecule has 6 nitrogen and oxygen atoms in total. The van der Waals surface area contributed by atoms with Gasteiger partial charge in [-0.1, -0.05) is 18.2 Å². The third kappa shape index (κ3) is 1.95. The monoisotopic (exact) mass is 272 g/mol. The standard InChI is InChI=1S/C14H12N2O4/c1-8-5-11(13-12(15-8)7-20-14(13)17)9-3-2-4-10(6-9)16(18)19/h2-6,11,15H,7H2,1H3/t11-/m0/s1. The maximum Gasteiger partial charge on any atom is 0.337 e. The molecule has 1 aromatic carbocycles. The molecule has 2 aliphatic rings. The first-order valence-electron chi connectivity index (χ1n) is 6.16. The zero-order valence-corrected chi connectivity index (χ0v) is 10.8. The Morgan fingerprint density at radius 3 is 3.00 bits per heavy atom.